The molecule has 2 rings (SSSR count). The standard InChI is InChI=1S/C16H17N3O2/c1-10-5-3-8-14(11(10)2)19-15(20)12-6-4-7-13(9-12)18-16(17)21/h3-9H,1-2H3,(H,19,20)(H3,17,18,21). The largest absolute Gasteiger partial charge is 0.351 e. The SMILES string of the molecule is Cc1cccc(NC(=O)c2cccc(NC(N)=O)c2)c1C. The Morgan fingerprint density at radius 2 is 1.71 bits per heavy atom. The lowest BCUT2D eigenvalue weighted by atomic mass is 10.1. The van der Waals surface area contributed by atoms with Crippen molar-refractivity contribution < 1.29 is 9.59 Å². The Morgan fingerprint density at radius 1 is 1.00 bits per heavy atom. The van der Waals surface area contributed by atoms with Gasteiger partial charge in [-0.2, -0.15) is 0 Å². The van der Waals surface area contributed by atoms with Crippen LogP contribution in [0.5, 0.6) is 0 Å². The second-order valence-electron chi connectivity index (χ2n) is 4.77. The maximum absolute atomic E-state index is 12.3. The zero-order chi connectivity index (χ0) is 15.4. The summed E-state index contributed by atoms with van der Waals surface area (Å²) in [5, 5.41) is 5.31. The van der Waals surface area contributed by atoms with E-state index in [1.165, 1.54) is 0 Å². The van der Waals surface area contributed by atoms with Crippen molar-refractivity contribution in [3.05, 3.63) is 59.2 Å². The van der Waals surface area contributed by atoms with Gasteiger partial charge in [0, 0.05) is 16.9 Å². The number of urea groups is 1. The highest BCUT2D eigenvalue weighted by atomic mass is 16.2. The molecule has 108 valence electrons. The van der Waals surface area contributed by atoms with Crippen molar-refractivity contribution in [2.45, 2.75) is 13.8 Å². The third-order valence-corrected chi connectivity index (χ3v) is 3.25. The molecule has 0 saturated heterocycles. The molecule has 0 unspecified atom stereocenters. The van der Waals surface area contributed by atoms with Crippen molar-refractivity contribution in [3.8, 4) is 0 Å². The molecule has 0 spiro atoms. The van der Waals surface area contributed by atoms with Gasteiger partial charge in [0.1, 0.15) is 0 Å². The van der Waals surface area contributed by atoms with E-state index in [2.05, 4.69) is 10.6 Å². The van der Waals surface area contributed by atoms with Gasteiger partial charge < -0.3 is 16.4 Å². The van der Waals surface area contributed by atoms with Crippen LogP contribution in [0.15, 0.2) is 42.5 Å². The average molecular weight is 283 g/mol. The Balaban J connectivity index is 2.20. The van der Waals surface area contributed by atoms with Crippen LogP contribution in [0, 0.1) is 13.8 Å². The Hall–Kier alpha value is -2.82. The topological polar surface area (TPSA) is 84.2 Å². The molecule has 0 aliphatic carbocycles. The summed E-state index contributed by atoms with van der Waals surface area (Å²) in [6.45, 7) is 3.94. The number of primary amides is 1. The number of benzene rings is 2. The lowest BCUT2D eigenvalue weighted by molar-refractivity contribution is 0.102. The quantitative estimate of drug-likeness (QED) is 0.808. The van der Waals surface area contributed by atoms with Gasteiger partial charge in [-0.25, -0.2) is 4.79 Å². The number of carbonyl (C=O) groups is 2. The van der Waals surface area contributed by atoms with E-state index in [-0.39, 0.29) is 5.91 Å². The number of aryl methyl sites for hydroxylation is 1. The highest BCUT2D eigenvalue weighted by Crippen LogP contribution is 2.19. The van der Waals surface area contributed by atoms with Crippen molar-refractivity contribution in [1.29, 1.82) is 0 Å². The fraction of sp³-hybridized carbons (Fsp3) is 0.125. The van der Waals surface area contributed by atoms with E-state index in [1.54, 1.807) is 24.3 Å². The molecule has 21 heavy (non-hydrogen) atoms. The van der Waals surface area contributed by atoms with Gasteiger partial charge in [-0.05, 0) is 49.2 Å². The monoisotopic (exact) mass is 283 g/mol. The predicted molar refractivity (Wildman–Crippen MR) is 83.5 cm³/mol. The summed E-state index contributed by atoms with van der Waals surface area (Å²) >= 11 is 0. The molecule has 0 bridgehead atoms. The van der Waals surface area contributed by atoms with Crippen LogP contribution >= 0.6 is 0 Å². The molecule has 4 N–H and O–H groups in total. The Kier molecular flexibility index (Phi) is 4.23. The van der Waals surface area contributed by atoms with E-state index in [9.17, 15) is 9.59 Å². The molecule has 2 aromatic carbocycles. The Bertz CT molecular complexity index is 696. The smallest absolute Gasteiger partial charge is 0.316 e. The number of nitrogens with one attached hydrogen (secondary N) is 2. The summed E-state index contributed by atoms with van der Waals surface area (Å²) in [5.74, 6) is -0.239. The van der Waals surface area contributed by atoms with E-state index in [0.717, 1.165) is 16.8 Å². The van der Waals surface area contributed by atoms with Crippen molar-refractivity contribution in [2.24, 2.45) is 5.73 Å². The van der Waals surface area contributed by atoms with Crippen molar-refractivity contribution in [2.75, 3.05) is 10.6 Å². The normalized spacial score (nSPS) is 10.0. The van der Waals surface area contributed by atoms with Crippen LogP contribution in [0.1, 0.15) is 21.5 Å². The van der Waals surface area contributed by atoms with E-state index in [4.69, 9.17) is 5.73 Å². The van der Waals surface area contributed by atoms with Gasteiger partial charge >= 0.3 is 6.03 Å². The highest BCUT2D eigenvalue weighted by molar-refractivity contribution is 6.05. The van der Waals surface area contributed by atoms with E-state index >= 15 is 0 Å². The molecule has 0 atom stereocenters. The minimum atomic E-state index is -0.665. The van der Waals surface area contributed by atoms with Crippen molar-refractivity contribution in [1.82, 2.24) is 0 Å². The molecule has 0 saturated carbocycles. The van der Waals surface area contributed by atoms with Gasteiger partial charge in [0.05, 0.1) is 0 Å². The maximum atomic E-state index is 12.3. The lowest BCUT2D eigenvalue weighted by Crippen LogP contribution is -2.20. The first-order chi connectivity index (χ1) is 9.97. The predicted octanol–water partition coefficient (Wildman–Crippen LogP) is 3.05. The van der Waals surface area contributed by atoms with Crippen molar-refractivity contribution in [3.63, 3.8) is 0 Å². The van der Waals surface area contributed by atoms with Crippen LogP contribution < -0.4 is 16.4 Å². The maximum Gasteiger partial charge on any atom is 0.316 e. The third kappa shape index (κ3) is 3.60. The first-order valence-corrected chi connectivity index (χ1v) is 6.51. The van der Waals surface area contributed by atoms with Crippen LogP contribution in [0.3, 0.4) is 0 Å². The summed E-state index contributed by atoms with van der Waals surface area (Å²) in [6, 6.07) is 11.7. The Morgan fingerprint density at radius 3 is 2.43 bits per heavy atom. The first kappa shape index (κ1) is 14.6. The minimum absolute atomic E-state index is 0.239. The molecular formula is C16H17N3O2. The van der Waals surface area contributed by atoms with E-state index < -0.39 is 6.03 Å². The fourth-order valence-electron chi connectivity index (χ4n) is 1.96. The van der Waals surface area contributed by atoms with Gasteiger partial charge in [-0.1, -0.05) is 18.2 Å². The summed E-state index contributed by atoms with van der Waals surface area (Å²) in [7, 11) is 0. The zero-order valence-corrected chi connectivity index (χ0v) is 11.9. The molecule has 0 radical (unpaired) electrons. The number of anilines is 2. The summed E-state index contributed by atoms with van der Waals surface area (Å²) in [4.78, 5) is 23.1. The number of nitrogens with two attached hydrogens (primary N) is 1. The molecule has 3 amide bonds. The molecule has 0 aliphatic heterocycles. The third-order valence-electron chi connectivity index (χ3n) is 3.25. The van der Waals surface area contributed by atoms with Crippen LogP contribution in [0.4, 0.5) is 16.2 Å². The average Bonchev–Trinajstić information content (AvgIpc) is 2.43. The molecule has 0 aromatic heterocycles. The van der Waals surface area contributed by atoms with Gasteiger partial charge in [0.25, 0.3) is 5.91 Å². The number of hydrogen-bond acceptors (Lipinski definition) is 2. The molecule has 0 aliphatic rings. The zero-order valence-electron chi connectivity index (χ0n) is 11.9. The Labute approximate surface area is 123 Å². The molecule has 5 heteroatoms. The molecule has 0 fully saturated rings. The fourth-order valence-corrected chi connectivity index (χ4v) is 1.96. The van der Waals surface area contributed by atoms with Crippen LogP contribution in [0.25, 0.3) is 0 Å². The second kappa shape index (κ2) is 6.09. The molecular weight excluding hydrogens is 266 g/mol. The summed E-state index contributed by atoms with van der Waals surface area (Å²) in [6.07, 6.45) is 0. The highest BCUT2D eigenvalue weighted by Gasteiger charge is 2.09. The second-order valence-corrected chi connectivity index (χ2v) is 4.77. The van der Waals surface area contributed by atoms with Gasteiger partial charge in [-0.3, -0.25) is 4.79 Å². The number of carbonyl (C=O) groups excluding carboxylic acids is 2. The van der Waals surface area contributed by atoms with E-state index in [1.807, 2.05) is 32.0 Å². The first-order valence-electron chi connectivity index (χ1n) is 6.51. The van der Waals surface area contributed by atoms with Crippen LogP contribution in [-0.2, 0) is 0 Å². The van der Waals surface area contributed by atoms with Gasteiger partial charge in [0.2, 0.25) is 0 Å². The van der Waals surface area contributed by atoms with Gasteiger partial charge in [-0.15, -0.1) is 0 Å². The number of rotatable bonds is 3. The molecule has 5 nitrogen and oxygen atoms in total. The van der Waals surface area contributed by atoms with Crippen LogP contribution in [-0.4, -0.2) is 11.9 Å². The van der Waals surface area contributed by atoms with Gasteiger partial charge in [0.15, 0.2) is 0 Å². The summed E-state index contributed by atoms with van der Waals surface area (Å²) < 4.78 is 0. The molecule has 0 heterocycles. The number of hydrogen-bond donors (Lipinski definition) is 3. The van der Waals surface area contributed by atoms with Crippen LogP contribution in [0.2, 0.25) is 0 Å². The van der Waals surface area contributed by atoms with E-state index in [0.29, 0.717) is 11.3 Å². The summed E-state index contributed by atoms with van der Waals surface area (Å²) in [5.41, 5.74) is 8.89. The van der Waals surface area contributed by atoms with Crippen molar-refractivity contribution >= 4 is 23.3 Å². The number of amides is 3. The minimum Gasteiger partial charge on any atom is -0.351 e. The lowest BCUT2D eigenvalue weighted by Gasteiger charge is -2.11. The molecule has 2 aromatic rings.